The number of fused-ring (bicyclic) bond motifs is 2. The van der Waals surface area contributed by atoms with E-state index in [9.17, 15) is 0 Å². The van der Waals surface area contributed by atoms with Gasteiger partial charge < -0.3 is 15.5 Å². The van der Waals surface area contributed by atoms with E-state index < -0.39 is 0 Å². The van der Waals surface area contributed by atoms with E-state index in [-0.39, 0.29) is 0 Å². The van der Waals surface area contributed by atoms with E-state index in [0.717, 1.165) is 23.5 Å². The standard InChI is InChI=1S/C15H25N5/c1-10-9-17-15(16-2)19-14(10)18-11-7-12-5-4-6-13(8-11)20(12)3/h9,11-13H,4-8H2,1-3H3,(H2,16,17,18,19). The van der Waals surface area contributed by atoms with Crippen molar-refractivity contribution in [2.24, 2.45) is 0 Å². The van der Waals surface area contributed by atoms with Gasteiger partial charge in [0.1, 0.15) is 5.82 Å². The number of anilines is 2. The van der Waals surface area contributed by atoms with Crippen molar-refractivity contribution in [2.75, 3.05) is 24.7 Å². The van der Waals surface area contributed by atoms with E-state index in [1.54, 1.807) is 0 Å². The van der Waals surface area contributed by atoms with Crippen molar-refractivity contribution in [1.82, 2.24) is 14.9 Å². The van der Waals surface area contributed by atoms with Crippen LogP contribution in [0.3, 0.4) is 0 Å². The van der Waals surface area contributed by atoms with Crippen molar-refractivity contribution in [3.63, 3.8) is 0 Å². The first-order valence-corrected chi connectivity index (χ1v) is 7.67. The summed E-state index contributed by atoms with van der Waals surface area (Å²) in [6, 6.07) is 2.02. The van der Waals surface area contributed by atoms with Crippen molar-refractivity contribution in [3.05, 3.63) is 11.8 Å². The average molecular weight is 275 g/mol. The molecule has 0 aromatic carbocycles. The summed E-state index contributed by atoms with van der Waals surface area (Å²) < 4.78 is 0. The Hall–Kier alpha value is -1.36. The molecule has 0 aliphatic carbocycles. The molecule has 2 bridgehead atoms. The summed E-state index contributed by atoms with van der Waals surface area (Å²) in [5.74, 6) is 1.67. The smallest absolute Gasteiger partial charge is 0.224 e. The van der Waals surface area contributed by atoms with Crippen LogP contribution in [0, 0.1) is 6.92 Å². The lowest BCUT2D eigenvalue weighted by molar-refractivity contribution is 0.0608. The molecule has 1 aromatic rings. The monoisotopic (exact) mass is 275 g/mol. The molecule has 110 valence electrons. The van der Waals surface area contributed by atoms with Gasteiger partial charge in [-0.2, -0.15) is 4.98 Å². The quantitative estimate of drug-likeness (QED) is 0.886. The van der Waals surface area contributed by atoms with Crippen molar-refractivity contribution >= 4 is 11.8 Å². The van der Waals surface area contributed by atoms with Crippen LogP contribution in [0.25, 0.3) is 0 Å². The number of nitrogens with zero attached hydrogens (tertiary/aromatic N) is 3. The van der Waals surface area contributed by atoms with Crippen molar-refractivity contribution < 1.29 is 0 Å². The molecule has 1 aromatic heterocycles. The van der Waals surface area contributed by atoms with Crippen molar-refractivity contribution in [2.45, 2.75) is 57.2 Å². The molecule has 0 spiro atoms. The Labute approximate surface area is 121 Å². The summed E-state index contributed by atoms with van der Waals surface area (Å²) >= 11 is 0. The molecule has 2 aliphatic rings. The number of piperidine rings is 2. The van der Waals surface area contributed by atoms with E-state index in [0.29, 0.717) is 12.0 Å². The Morgan fingerprint density at radius 3 is 2.60 bits per heavy atom. The summed E-state index contributed by atoms with van der Waals surface area (Å²) in [7, 11) is 4.15. The van der Waals surface area contributed by atoms with E-state index >= 15 is 0 Å². The Morgan fingerprint density at radius 2 is 1.95 bits per heavy atom. The number of aryl methyl sites for hydroxylation is 1. The summed E-state index contributed by atoms with van der Waals surface area (Å²) in [5, 5.41) is 6.66. The maximum atomic E-state index is 4.55. The average Bonchev–Trinajstić information content (AvgIpc) is 2.42. The number of aromatic nitrogens is 2. The van der Waals surface area contributed by atoms with E-state index in [1.165, 1.54) is 32.1 Å². The first kappa shape index (κ1) is 13.6. The van der Waals surface area contributed by atoms with Crippen LogP contribution in [0.15, 0.2) is 6.20 Å². The first-order chi connectivity index (χ1) is 9.67. The third-order valence-electron chi connectivity index (χ3n) is 4.88. The Bertz CT molecular complexity index is 461. The highest BCUT2D eigenvalue weighted by atomic mass is 15.2. The van der Waals surface area contributed by atoms with Gasteiger partial charge in [-0.3, -0.25) is 0 Å². The van der Waals surface area contributed by atoms with Gasteiger partial charge in [-0.1, -0.05) is 6.42 Å². The van der Waals surface area contributed by atoms with Crippen LogP contribution in [0.4, 0.5) is 11.8 Å². The minimum absolute atomic E-state index is 0.541. The zero-order chi connectivity index (χ0) is 14.1. The fraction of sp³-hybridized carbons (Fsp3) is 0.733. The molecule has 3 rings (SSSR count). The van der Waals surface area contributed by atoms with Crippen LogP contribution in [-0.2, 0) is 0 Å². The topological polar surface area (TPSA) is 53.1 Å². The lowest BCUT2D eigenvalue weighted by atomic mass is 9.82. The lowest BCUT2D eigenvalue weighted by Crippen LogP contribution is -2.52. The van der Waals surface area contributed by atoms with E-state index in [2.05, 4.69) is 39.5 Å². The van der Waals surface area contributed by atoms with Crippen molar-refractivity contribution in [3.8, 4) is 0 Å². The molecule has 0 saturated carbocycles. The summed E-state index contributed by atoms with van der Waals surface area (Å²) in [6.45, 7) is 2.07. The van der Waals surface area contributed by atoms with Crippen LogP contribution >= 0.6 is 0 Å². The first-order valence-electron chi connectivity index (χ1n) is 7.67. The fourth-order valence-corrected chi connectivity index (χ4v) is 3.64. The molecule has 2 saturated heterocycles. The Morgan fingerprint density at radius 1 is 1.25 bits per heavy atom. The molecule has 5 nitrogen and oxygen atoms in total. The third-order valence-corrected chi connectivity index (χ3v) is 4.88. The fourth-order valence-electron chi connectivity index (χ4n) is 3.64. The maximum Gasteiger partial charge on any atom is 0.224 e. The van der Waals surface area contributed by atoms with Crippen LogP contribution in [-0.4, -0.2) is 47.1 Å². The Balaban J connectivity index is 1.72. The molecule has 2 N–H and O–H groups in total. The molecule has 3 heterocycles. The van der Waals surface area contributed by atoms with Gasteiger partial charge in [-0.05, 0) is 39.7 Å². The predicted molar refractivity (Wildman–Crippen MR) is 82.2 cm³/mol. The minimum atomic E-state index is 0.541. The largest absolute Gasteiger partial charge is 0.367 e. The molecule has 2 unspecified atom stereocenters. The van der Waals surface area contributed by atoms with E-state index in [1.807, 2.05) is 13.2 Å². The minimum Gasteiger partial charge on any atom is -0.367 e. The predicted octanol–water partition coefficient (Wildman–Crippen LogP) is 2.25. The number of rotatable bonds is 3. The number of nitrogens with one attached hydrogen (secondary N) is 2. The zero-order valence-corrected chi connectivity index (χ0v) is 12.7. The highest BCUT2D eigenvalue weighted by molar-refractivity contribution is 5.47. The summed E-state index contributed by atoms with van der Waals surface area (Å²) in [4.78, 5) is 11.4. The highest BCUT2D eigenvalue weighted by Gasteiger charge is 2.36. The second-order valence-electron chi connectivity index (χ2n) is 6.19. The molecular formula is C15H25N5. The molecule has 0 amide bonds. The van der Waals surface area contributed by atoms with Crippen LogP contribution in [0.2, 0.25) is 0 Å². The zero-order valence-electron chi connectivity index (χ0n) is 12.7. The van der Waals surface area contributed by atoms with Gasteiger partial charge in [0.15, 0.2) is 0 Å². The normalized spacial score (nSPS) is 30.1. The van der Waals surface area contributed by atoms with Gasteiger partial charge in [-0.25, -0.2) is 4.98 Å². The number of hydrogen-bond acceptors (Lipinski definition) is 5. The number of hydrogen-bond donors (Lipinski definition) is 2. The van der Waals surface area contributed by atoms with Gasteiger partial charge in [0.05, 0.1) is 0 Å². The molecule has 2 atom stereocenters. The molecule has 0 radical (unpaired) electrons. The van der Waals surface area contributed by atoms with Crippen LogP contribution in [0.1, 0.15) is 37.7 Å². The molecular weight excluding hydrogens is 250 g/mol. The molecule has 5 heteroatoms. The second kappa shape index (κ2) is 5.56. The third kappa shape index (κ3) is 2.59. The maximum absolute atomic E-state index is 4.55. The Kier molecular flexibility index (Phi) is 3.78. The summed E-state index contributed by atoms with van der Waals surface area (Å²) in [6.07, 6.45) is 8.42. The molecule has 2 fully saturated rings. The van der Waals surface area contributed by atoms with Gasteiger partial charge in [-0.15, -0.1) is 0 Å². The van der Waals surface area contributed by atoms with Gasteiger partial charge in [0.2, 0.25) is 5.95 Å². The van der Waals surface area contributed by atoms with Gasteiger partial charge in [0, 0.05) is 36.9 Å². The highest BCUT2D eigenvalue weighted by Crippen LogP contribution is 2.34. The summed E-state index contributed by atoms with van der Waals surface area (Å²) in [5.41, 5.74) is 1.12. The lowest BCUT2D eigenvalue weighted by Gasteiger charge is -2.47. The molecule has 2 aliphatic heterocycles. The van der Waals surface area contributed by atoms with Gasteiger partial charge in [0.25, 0.3) is 0 Å². The van der Waals surface area contributed by atoms with Crippen LogP contribution in [0.5, 0.6) is 0 Å². The second-order valence-corrected chi connectivity index (χ2v) is 6.19. The SMILES string of the molecule is CNc1ncc(C)c(NC2CC3CCCC(C2)N3C)n1. The van der Waals surface area contributed by atoms with Crippen LogP contribution < -0.4 is 10.6 Å². The van der Waals surface area contributed by atoms with Gasteiger partial charge >= 0.3 is 0 Å². The van der Waals surface area contributed by atoms with E-state index in [4.69, 9.17) is 0 Å². The molecule has 20 heavy (non-hydrogen) atoms. The van der Waals surface area contributed by atoms with Crippen molar-refractivity contribution in [1.29, 1.82) is 0 Å².